The summed E-state index contributed by atoms with van der Waals surface area (Å²) >= 11 is 0. The molecule has 11 heavy (non-hydrogen) atoms. The van der Waals surface area contributed by atoms with Gasteiger partial charge in [-0.15, -0.1) is 0 Å². The lowest BCUT2D eigenvalue weighted by Gasteiger charge is -2.25. The minimum absolute atomic E-state index is 0.298. The first-order valence-corrected chi connectivity index (χ1v) is 4.41. The van der Waals surface area contributed by atoms with Crippen LogP contribution < -0.4 is 0 Å². The summed E-state index contributed by atoms with van der Waals surface area (Å²) in [6.45, 7) is 0.629. The highest BCUT2D eigenvalue weighted by molar-refractivity contribution is 5.98. The van der Waals surface area contributed by atoms with Gasteiger partial charge in [-0.3, -0.25) is 4.79 Å². The Balaban J connectivity index is 2.48. The molecule has 64 valence electrons. The van der Waals surface area contributed by atoms with E-state index in [1.807, 2.05) is 0 Å². The Morgan fingerprint density at radius 1 is 1.82 bits per heavy atom. The van der Waals surface area contributed by atoms with Crippen LogP contribution in [0.5, 0.6) is 0 Å². The van der Waals surface area contributed by atoms with Crippen LogP contribution in [0.25, 0.3) is 0 Å². The molecule has 1 heterocycles. The smallest absolute Gasteiger partial charge is 0.313 e. The Hall–Kier alpha value is -0.393. The number of ether oxygens (including phenoxy) is 1. The second-order valence-electron chi connectivity index (χ2n) is 2.59. The van der Waals surface area contributed by atoms with Crippen LogP contribution in [-0.4, -0.2) is 40.9 Å². The largest absolute Gasteiger partial charge is 0.465 e. The van der Waals surface area contributed by atoms with E-state index in [2.05, 4.69) is 0 Å². The van der Waals surface area contributed by atoms with Gasteiger partial charge in [0.25, 0.3) is 0 Å². The molecule has 0 radical (unpaired) electrons. The Morgan fingerprint density at radius 3 is 3.09 bits per heavy atom. The molecular formula is C6H12O4Si. The number of hydrogen-bond acceptors (Lipinski definition) is 4. The maximum Gasteiger partial charge on any atom is 0.313 e. The Bertz CT molecular complexity index is 150. The van der Waals surface area contributed by atoms with Gasteiger partial charge in [-0.2, -0.15) is 0 Å². The van der Waals surface area contributed by atoms with Crippen molar-refractivity contribution in [2.45, 2.75) is 12.5 Å². The van der Waals surface area contributed by atoms with Gasteiger partial charge in [0.15, 0.2) is 0 Å². The fourth-order valence-corrected chi connectivity index (χ4v) is 1.46. The molecule has 0 saturated carbocycles. The molecule has 0 aromatic heterocycles. The number of hydrogen-bond donors (Lipinski definition) is 1. The van der Waals surface area contributed by atoms with Crippen molar-refractivity contribution >= 4 is 16.5 Å². The molecular weight excluding hydrogens is 164 g/mol. The fraction of sp³-hybridized carbons (Fsp3) is 0.833. The minimum atomic E-state index is -0.579. The molecule has 0 bridgehead atoms. The van der Waals surface area contributed by atoms with Crippen molar-refractivity contribution in [3.63, 3.8) is 0 Å². The van der Waals surface area contributed by atoms with E-state index in [0.29, 0.717) is 30.1 Å². The van der Waals surface area contributed by atoms with Crippen LogP contribution in [0, 0.1) is 5.92 Å². The monoisotopic (exact) mass is 176 g/mol. The third-order valence-electron chi connectivity index (χ3n) is 1.77. The fourth-order valence-electron chi connectivity index (χ4n) is 1.10. The normalized spacial score (nSPS) is 31.9. The third kappa shape index (κ3) is 2.02. The number of carbonyl (C=O) groups is 1. The topological polar surface area (TPSA) is 55.8 Å². The molecule has 2 unspecified atom stereocenters. The van der Waals surface area contributed by atoms with Crippen molar-refractivity contribution in [3.8, 4) is 0 Å². The summed E-state index contributed by atoms with van der Waals surface area (Å²) in [5.74, 6) is -0.791. The quantitative estimate of drug-likeness (QED) is 0.399. The van der Waals surface area contributed by atoms with Gasteiger partial charge in [0, 0.05) is 13.0 Å². The molecule has 1 N–H and O–H groups in total. The molecule has 2 atom stereocenters. The lowest BCUT2D eigenvalue weighted by Crippen LogP contribution is -2.39. The summed E-state index contributed by atoms with van der Waals surface area (Å²) < 4.78 is 9.65. The average Bonchev–Trinajstić information content (AvgIpc) is 1.97. The molecule has 1 aliphatic rings. The number of aliphatic hydroxyl groups excluding tert-OH is 1. The maximum absolute atomic E-state index is 10.9. The standard InChI is InChI=1S/C6H12O4Si/c7-5-1-2-9-6(8)4(5)3-10-11/h4-5,7H,1-3H2,11H3. The van der Waals surface area contributed by atoms with Crippen LogP contribution >= 0.6 is 0 Å². The molecule has 0 aromatic rings. The van der Waals surface area contributed by atoms with Gasteiger partial charge in [0.2, 0.25) is 0 Å². The van der Waals surface area contributed by atoms with E-state index in [9.17, 15) is 9.90 Å². The van der Waals surface area contributed by atoms with E-state index in [1.54, 1.807) is 0 Å². The lowest BCUT2D eigenvalue weighted by atomic mass is 9.99. The maximum atomic E-state index is 10.9. The minimum Gasteiger partial charge on any atom is -0.465 e. The first-order valence-electron chi connectivity index (χ1n) is 3.59. The molecule has 1 saturated heterocycles. The molecule has 1 aliphatic heterocycles. The molecule has 1 rings (SSSR count). The van der Waals surface area contributed by atoms with E-state index in [4.69, 9.17) is 9.16 Å². The van der Waals surface area contributed by atoms with Gasteiger partial charge >= 0.3 is 5.97 Å². The van der Waals surface area contributed by atoms with Crippen molar-refractivity contribution in [1.82, 2.24) is 0 Å². The Labute approximate surface area is 68.0 Å². The summed E-state index contributed by atoms with van der Waals surface area (Å²) in [5.41, 5.74) is 0. The SMILES string of the molecule is O=C1OCCC(O)C1CO[SiH3]. The number of rotatable bonds is 2. The highest BCUT2D eigenvalue weighted by atomic mass is 28.2. The Morgan fingerprint density at radius 2 is 2.55 bits per heavy atom. The Kier molecular flexibility index (Phi) is 3.04. The van der Waals surface area contributed by atoms with Gasteiger partial charge in [0.05, 0.1) is 12.7 Å². The molecule has 0 amide bonds. The zero-order valence-corrected chi connectivity index (χ0v) is 8.45. The van der Waals surface area contributed by atoms with Crippen molar-refractivity contribution in [2.75, 3.05) is 13.2 Å². The molecule has 0 aliphatic carbocycles. The van der Waals surface area contributed by atoms with Gasteiger partial charge in [-0.05, 0) is 0 Å². The number of aliphatic hydroxyl groups is 1. The zero-order valence-electron chi connectivity index (χ0n) is 6.45. The summed E-state index contributed by atoms with van der Waals surface area (Å²) in [6, 6.07) is 0. The van der Waals surface area contributed by atoms with E-state index in [1.165, 1.54) is 0 Å². The van der Waals surface area contributed by atoms with E-state index < -0.39 is 12.0 Å². The summed E-state index contributed by atoms with van der Waals surface area (Å²) in [7, 11) is 0.586. The molecule has 4 nitrogen and oxygen atoms in total. The van der Waals surface area contributed by atoms with Gasteiger partial charge in [-0.25, -0.2) is 0 Å². The van der Waals surface area contributed by atoms with Gasteiger partial charge < -0.3 is 14.3 Å². The van der Waals surface area contributed by atoms with Crippen LogP contribution in [0.3, 0.4) is 0 Å². The van der Waals surface area contributed by atoms with Crippen molar-refractivity contribution < 1.29 is 19.1 Å². The summed E-state index contributed by atoms with van der Waals surface area (Å²) in [4.78, 5) is 10.9. The second kappa shape index (κ2) is 3.84. The van der Waals surface area contributed by atoms with E-state index in [-0.39, 0.29) is 5.97 Å². The van der Waals surface area contributed by atoms with Crippen LogP contribution in [0.2, 0.25) is 0 Å². The number of esters is 1. The lowest BCUT2D eigenvalue weighted by molar-refractivity contribution is -0.162. The first-order chi connectivity index (χ1) is 5.25. The van der Waals surface area contributed by atoms with Crippen LogP contribution in [0.4, 0.5) is 0 Å². The molecule has 0 aromatic carbocycles. The second-order valence-corrected chi connectivity index (χ2v) is 3.16. The van der Waals surface area contributed by atoms with E-state index in [0.717, 1.165) is 0 Å². The molecule has 5 heteroatoms. The zero-order chi connectivity index (χ0) is 8.27. The van der Waals surface area contributed by atoms with Crippen LogP contribution in [0.1, 0.15) is 6.42 Å². The van der Waals surface area contributed by atoms with Gasteiger partial charge in [0.1, 0.15) is 16.4 Å². The first kappa shape index (κ1) is 8.70. The molecule has 0 spiro atoms. The molecule has 1 fully saturated rings. The number of cyclic esters (lactones) is 1. The van der Waals surface area contributed by atoms with Crippen molar-refractivity contribution in [2.24, 2.45) is 5.92 Å². The van der Waals surface area contributed by atoms with Crippen LogP contribution in [-0.2, 0) is 14.0 Å². The highest BCUT2D eigenvalue weighted by Crippen LogP contribution is 2.15. The van der Waals surface area contributed by atoms with Crippen molar-refractivity contribution in [1.29, 1.82) is 0 Å². The predicted molar refractivity (Wildman–Crippen MR) is 41.0 cm³/mol. The average molecular weight is 176 g/mol. The summed E-state index contributed by atoms with van der Waals surface area (Å²) in [6.07, 6.45) is -0.0494. The van der Waals surface area contributed by atoms with E-state index >= 15 is 0 Å². The predicted octanol–water partition coefficient (Wildman–Crippen LogP) is -1.79. The highest BCUT2D eigenvalue weighted by Gasteiger charge is 2.31. The van der Waals surface area contributed by atoms with Gasteiger partial charge in [-0.1, -0.05) is 0 Å². The van der Waals surface area contributed by atoms with Crippen molar-refractivity contribution in [3.05, 3.63) is 0 Å². The summed E-state index contributed by atoms with van der Waals surface area (Å²) in [5, 5.41) is 9.31. The third-order valence-corrected chi connectivity index (χ3v) is 2.10. The number of carbonyl (C=O) groups excluding carboxylic acids is 1. The van der Waals surface area contributed by atoms with Crippen LogP contribution in [0.15, 0.2) is 0 Å².